The third-order valence-electron chi connectivity index (χ3n) is 4.75. The molecule has 1 fully saturated rings. The third-order valence-corrected chi connectivity index (χ3v) is 4.75. The van der Waals surface area contributed by atoms with E-state index < -0.39 is 0 Å². The van der Waals surface area contributed by atoms with Gasteiger partial charge >= 0.3 is 0 Å². The fourth-order valence-corrected chi connectivity index (χ4v) is 3.62. The van der Waals surface area contributed by atoms with E-state index in [4.69, 9.17) is 4.74 Å². The first-order valence-corrected chi connectivity index (χ1v) is 8.41. The maximum absolute atomic E-state index is 5.68. The lowest BCUT2D eigenvalue weighted by Gasteiger charge is -2.39. The smallest absolute Gasteiger partial charge is 0.0700 e. The maximum Gasteiger partial charge on any atom is 0.0700 e. The van der Waals surface area contributed by atoms with Crippen molar-refractivity contribution in [2.24, 2.45) is 5.92 Å². The number of hydrogen-bond donors (Lipinski definition) is 1. The Balaban J connectivity index is 1.57. The Hall–Kier alpha value is -1.06. The molecule has 0 saturated carbocycles. The van der Waals surface area contributed by atoms with Crippen molar-refractivity contribution in [3.63, 3.8) is 0 Å². The van der Waals surface area contributed by atoms with Crippen LogP contribution in [0.3, 0.4) is 0 Å². The lowest BCUT2D eigenvalue weighted by molar-refractivity contribution is 0.110. The lowest BCUT2D eigenvalue weighted by atomic mass is 9.93. The molecule has 0 spiro atoms. The zero-order chi connectivity index (χ0) is 14.7. The van der Waals surface area contributed by atoms with Crippen LogP contribution in [0.15, 0.2) is 24.3 Å². The summed E-state index contributed by atoms with van der Waals surface area (Å²) in [7, 11) is 0. The number of para-hydroxylation sites is 1. The fourth-order valence-electron chi connectivity index (χ4n) is 3.62. The number of nitrogens with one attached hydrogen (secondary N) is 1. The summed E-state index contributed by atoms with van der Waals surface area (Å²) in [6, 6.07) is 9.40. The van der Waals surface area contributed by atoms with Gasteiger partial charge in [0.05, 0.1) is 6.10 Å². The van der Waals surface area contributed by atoms with Gasteiger partial charge in [-0.1, -0.05) is 25.1 Å². The zero-order valence-corrected chi connectivity index (χ0v) is 13.3. The highest BCUT2D eigenvalue weighted by atomic mass is 16.5. The highest BCUT2D eigenvalue weighted by Gasteiger charge is 2.25. The molecule has 2 aliphatic rings. The number of ether oxygens (including phenoxy) is 1. The van der Waals surface area contributed by atoms with Crippen LogP contribution in [0.5, 0.6) is 0 Å². The van der Waals surface area contributed by atoms with Crippen molar-refractivity contribution < 1.29 is 4.74 Å². The Morgan fingerprint density at radius 3 is 3.05 bits per heavy atom. The minimum atomic E-state index is 0.435. The standard InChI is InChI=1S/C18H28N2O/c1-14-10-16-6-3-4-8-18(16)20(13-14)15(2)11-19-12-17-7-5-9-21-17/h3-4,6,8,14-15,17,19H,5,7,9-13H2,1-2H3. The Bertz CT molecular complexity index is 456. The van der Waals surface area contributed by atoms with Gasteiger partial charge < -0.3 is 15.0 Å². The average Bonchev–Trinajstić information content (AvgIpc) is 2.99. The summed E-state index contributed by atoms with van der Waals surface area (Å²) in [6.45, 7) is 8.82. The van der Waals surface area contributed by atoms with Crippen LogP contribution in [0.1, 0.15) is 32.3 Å². The van der Waals surface area contributed by atoms with Gasteiger partial charge in [0.1, 0.15) is 0 Å². The molecule has 1 aromatic rings. The van der Waals surface area contributed by atoms with Crippen LogP contribution in [0.25, 0.3) is 0 Å². The highest BCUT2D eigenvalue weighted by molar-refractivity contribution is 5.56. The second kappa shape index (κ2) is 6.80. The molecule has 2 aliphatic heterocycles. The van der Waals surface area contributed by atoms with E-state index in [-0.39, 0.29) is 0 Å². The first-order chi connectivity index (χ1) is 10.2. The quantitative estimate of drug-likeness (QED) is 0.901. The molecule has 1 N–H and O–H groups in total. The Labute approximate surface area is 128 Å². The minimum absolute atomic E-state index is 0.435. The van der Waals surface area contributed by atoms with Crippen molar-refractivity contribution in [2.45, 2.75) is 45.3 Å². The number of nitrogens with zero attached hydrogens (tertiary/aromatic N) is 1. The summed E-state index contributed by atoms with van der Waals surface area (Å²) in [5, 5.41) is 3.60. The first-order valence-electron chi connectivity index (χ1n) is 8.41. The molecule has 3 unspecified atom stereocenters. The van der Waals surface area contributed by atoms with Gasteiger partial charge in [-0.3, -0.25) is 0 Å². The van der Waals surface area contributed by atoms with Crippen molar-refractivity contribution in [1.29, 1.82) is 0 Å². The SMILES string of the molecule is CC1Cc2ccccc2N(C(C)CNCC2CCCO2)C1. The van der Waals surface area contributed by atoms with Crippen LogP contribution in [-0.2, 0) is 11.2 Å². The van der Waals surface area contributed by atoms with Gasteiger partial charge in [-0.15, -0.1) is 0 Å². The monoisotopic (exact) mass is 288 g/mol. The van der Waals surface area contributed by atoms with E-state index in [1.807, 2.05) is 0 Å². The molecule has 2 heterocycles. The van der Waals surface area contributed by atoms with E-state index in [1.165, 1.54) is 37.1 Å². The largest absolute Gasteiger partial charge is 0.377 e. The number of anilines is 1. The molecule has 3 rings (SSSR count). The molecular weight excluding hydrogens is 260 g/mol. The average molecular weight is 288 g/mol. The fraction of sp³-hybridized carbons (Fsp3) is 0.667. The van der Waals surface area contributed by atoms with Crippen molar-refractivity contribution >= 4 is 5.69 Å². The molecule has 0 bridgehead atoms. The van der Waals surface area contributed by atoms with E-state index in [9.17, 15) is 0 Å². The molecule has 3 heteroatoms. The Kier molecular flexibility index (Phi) is 4.81. The summed E-state index contributed by atoms with van der Waals surface area (Å²) >= 11 is 0. The van der Waals surface area contributed by atoms with Crippen molar-refractivity contribution in [3.8, 4) is 0 Å². The predicted molar refractivity (Wildman–Crippen MR) is 88.0 cm³/mol. The van der Waals surface area contributed by atoms with Crippen molar-refractivity contribution in [3.05, 3.63) is 29.8 Å². The Morgan fingerprint density at radius 1 is 1.38 bits per heavy atom. The minimum Gasteiger partial charge on any atom is -0.377 e. The van der Waals surface area contributed by atoms with Crippen LogP contribution in [0, 0.1) is 5.92 Å². The first kappa shape index (κ1) is 14.9. The number of fused-ring (bicyclic) bond motifs is 1. The van der Waals surface area contributed by atoms with Crippen LogP contribution in [-0.4, -0.2) is 38.4 Å². The maximum atomic E-state index is 5.68. The normalized spacial score (nSPS) is 26.7. The van der Waals surface area contributed by atoms with E-state index in [0.29, 0.717) is 12.1 Å². The number of rotatable bonds is 5. The Morgan fingerprint density at radius 2 is 2.24 bits per heavy atom. The summed E-state index contributed by atoms with van der Waals surface area (Å²) in [4.78, 5) is 2.58. The van der Waals surface area contributed by atoms with Gasteiger partial charge in [0.25, 0.3) is 0 Å². The van der Waals surface area contributed by atoms with Gasteiger partial charge in [0.15, 0.2) is 0 Å². The molecule has 0 aliphatic carbocycles. The van der Waals surface area contributed by atoms with Crippen molar-refractivity contribution in [1.82, 2.24) is 5.32 Å². The van der Waals surface area contributed by atoms with Gasteiger partial charge in [-0.2, -0.15) is 0 Å². The van der Waals surface area contributed by atoms with Gasteiger partial charge in [-0.05, 0) is 43.7 Å². The van der Waals surface area contributed by atoms with Crippen molar-refractivity contribution in [2.75, 3.05) is 31.1 Å². The van der Waals surface area contributed by atoms with E-state index in [0.717, 1.165) is 25.6 Å². The molecule has 3 atom stereocenters. The van der Waals surface area contributed by atoms with E-state index >= 15 is 0 Å². The predicted octanol–water partition coefficient (Wildman–Crippen LogP) is 2.84. The second-order valence-corrected chi connectivity index (χ2v) is 6.73. The molecule has 116 valence electrons. The van der Waals surface area contributed by atoms with Crippen LogP contribution in [0.2, 0.25) is 0 Å². The summed E-state index contributed by atoms with van der Waals surface area (Å²) < 4.78 is 5.68. The highest BCUT2D eigenvalue weighted by Crippen LogP contribution is 2.30. The van der Waals surface area contributed by atoms with Crippen LogP contribution < -0.4 is 10.2 Å². The van der Waals surface area contributed by atoms with E-state index in [2.05, 4.69) is 48.3 Å². The summed E-state index contributed by atoms with van der Waals surface area (Å²) in [5.41, 5.74) is 2.93. The van der Waals surface area contributed by atoms with Gasteiger partial charge in [-0.25, -0.2) is 0 Å². The molecule has 0 aromatic heterocycles. The molecule has 3 nitrogen and oxygen atoms in total. The van der Waals surface area contributed by atoms with Crippen LogP contribution >= 0.6 is 0 Å². The van der Waals surface area contributed by atoms with Gasteiger partial charge in [0.2, 0.25) is 0 Å². The summed E-state index contributed by atoms with van der Waals surface area (Å²) in [5.74, 6) is 0.737. The number of hydrogen-bond acceptors (Lipinski definition) is 3. The topological polar surface area (TPSA) is 24.5 Å². The van der Waals surface area contributed by atoms with E-state index in [1.54, 1.807) is 0 Å². The summed E-state index contributed by atoms with van der Waals surface area (Å²) in [6.07, 6.45) is 4.08. The molecule has 21 heavy (non-hydrogen) atoms. The lowest BCUT2D eigenvalue weighted by Crippen LogP contribution is -2.46. The molecule has 0 amide bonds. The molecule has 0 radical (unpaired) electrons. The van der Waals surface area contributed by atoms with Gasteiger partial charge in [0, 0.05) is 38.0 Å². The molecule has 1 aromatic carbocycles. The molecular formula is C18H28N2O. The molecule has 1 saturated heterocycles. The third kappa shape index (κ3) is 3.58. The zero-order valence-electron chi connectivity index (χ0n) is 13.3. The van der Waals surface area contributed by atoms with Crippen LogP contribution in [0.4, 0.5) is 5.69 Å². The second-order valence-electron chi connectivity index (χ2n) is 6.73. The number of benzene rings is 1.